The molecular weight excluding hydrogens is 410 g/mol. The van der Waals surface area contributed by atoms with E-state index in [0.29, 0.717) is 17.0 Å². The maximum absolute atomic E-state index is 13.8. The molecule has 0 bridgehead atoms. The fraction of sp³-hybridized carbons (Fsp3) is 0.200. The molecule has 2 aromatic carbocycles. The molecule has 0 saturated heterocycles. The summed E-state index contributed by atoms with van der Waals surface area (Å²) < 4.78 is 19.8. The van der Waals surface area contributed by atoms with E-state index in [9.17, 15) is 4.39 Å². The van der Waals surface area contributed by atoms with Crippen molar-refractivity contribution in [3.8, 4) is 5.75 Å². The van der Waals surface area contributed by atoms with Crippen molar-refractivity contribution in [3.05, 3.63) is 62.8 Å². The summed E-state index contributed by atoms with van der Waals surface area (Å²) in [6.07, 6.45) is 0.476. The van der Waals surface area contributed by atoms with Gasteiger partial charge in [0, 0.05) is 15.4 Å². The van der Waals surface area contributed by atoms with Crippen molar-refractivity contribution in [1.29, 1.82) is 0 Å². The molecule has 0 aliphatic rings. The van der Waals surface area contributed by atoms with Crippen LogP contribution in [0.5, 0.6) is 5.75 Å². The summed E-state index contributed by atoms with van der Waals surface area (Å²) in [6, 6.07) is 10.5. The van der Waals surface area contributed by atoms with E-state index in [-0.39, 0.29) is 10.6 Å². The number of hydrogen-bond donors (Lipinski definition) is 0. The van der Waals surface area contributed by atoms with Crippen LogP contribution >= 0.6 is 43.5 Å². The fourth-order valence-corrected chi connectivity index (χ4v) is 3.31. The molecule has 0 heterocycles. The molecule has 0 spiro atoms. The Morgan fingerprint density at radius 2 is 2.05 bits per heavy atom. The van der Waals surface area contributed by atoms with E-state index >= 15 is 0 Å². The van der Waals surface area contributed by atoms with Gasteiger partial charge in [-0.05, 0) is 52.2 Å². The summed E-state index contributed by atoms with van der Waals surface area (Å²) in [5.41, 5.74) is 1.54. The lowest BCUT2D eigenvalue weighted by molar-refractivity contribution is 0.412. The number of halogens is 4. The number of rotatable bonds is 4. The Bertz CT molecular complexity index is 599. The van der Waals surface area contributed by atoms with Crippen LogP contribution in [0.1, 0.15) is 16.0 Å². The first kappa shape index (κ1) is 15.8. The van der Waals surface area contributed by atoms with Crippen LogP contribution < -0.4 is 4.74 Å². The fourth-order valence-electron chi connectivity index (χ4n) is 1.90. The number of hydrogen-bond acceptors (Lipinski definition) is 1. The van der Waals surface area contributed by atoms with Gasteiger partial charge in [0.25, 0.3) is 0 Å². The van der Waals surface area contributed by atoms with Crippen LogP contribution in [0.15, 0.2) is 40.9 Å². The lowest BCUT2D eigenvalue weighted by atomic mass is 10.0. The quantitative estimate of drug-likeness (QED) is 0.555. The highest BCUT2D eigenvalue weighted by Crippen LogP contribution is 2.35. The molecule has 0 fully saturated rings. The van der Waals surface area contributed by atoms with E-state index in [4.69, 9.17) is 16.3 Å². The van der Waals surface area contributed by atoms with E-state index < -0.39 is 0 Å². The molecule has 0 radical (unpaired) electrons. The highest BCUT2D eigenvalue weighted by molar-refractivity contribution is 9.10. The van der Waals surface area contributed by atoms with Gasteiger partial charge >= 0.3 is 0 Å². The zero-order valence-corrected chi connectivity index (χ0v) is 14.6. The molecule has 0 amide bonds. The van der Waals surface area contributed by atoms with Gasteiger partial charge in [-0.25, -0.2) is 4.39 Å². The van der Waals surface area contributed by atoms with Crippen molar-refractivity contribution in [3.63, 3.8) is 0 Å². The van der Waals surface area contributed by atoms with Gasteiger partial charge in [0.1, 0.15) is 11.6 Å². The van der Waals surface area contributed by atoms with Gasteiger partial charge in [-0.15, -0.1) is 0 Å². The number of alkyl halides is 1. The average molecular weight is 423 g/mol. The second-order valence-electron chi connectivity index (χ2n) is 4.27. The highest BCUT2D eigenvalue weighted by Gasteiger charge is 2.15. The van der Waals surface area contributed by atoms with Crippen LogP contribution in [0.3, 0.4) is 0 Å². The van der Waals surface area contributed by atoms with Crippen LogP contribution in [-0.2, 0) is 6.42 Å². The summed E-state index contributed by atoms with van der Waals surface area (Å²) >= 11 is 13.1. The van der Waals surface area contributed by atoms with Crippen LogP contribution in [0.2, 0.25) is 5.02 Å². The molecule has 0 aromatic heterocycles. The summed E-state index contributed by atoms with van der Waals surface area (Å²) in [5, 5.41) is 0.446. The monoisotopic (exact) mass is 420 g/mol. The van der Waals surface area contributed by atoms with E-state index in [0.717, 1.165) is 15.8 Å². The van der Waals surface area contributed by atoms with E-state index in [2.05, 4.69) is 31.9 Å². The Morgan fingerprint density at radius 1 is 1.30 bits per heavy atom. The number of ether oxygens (including phenoxy) is 1. The Kier molecular flexibility index (Phi) is 5.47. The topological polar surface area (TPSA) is 9.23 Å². The minimum absolute atomic E-state index is 0.0286. The van der Waals surface area contributed by atoms with E-state index in [1.54, 1.807) is 19.2 Å². The molecule has 1 nitrogen and oxygen atoms in total. The predicted molar refractivity (Wildman–Crippen MR) is 87.5 cm³/mol. The Balaban J connectivity index is 2.24. The highest BCUT2D eigenvalue weighted by atomic mass is 79.9. The Labute approximate surface area is 139 Å². The maximum atomic E-state index is 13.8. The summed E-state index contributed by atoms with van der Waals surface area (Å²) in [6.45, 7) is 0. The minimum atomic E-state index is -0.283. The molecule has 0 aliphatic carbocycles. The number of methoxy groups -OCH3 is 1. The second-order valence-corrected chi connectivity index (χ2v) is 6.63. The molecule has 0 N–H and O–H groups in total. The summed E-state index contributed by atoms with van der Waals surface area (Å²) in [4.78, 5) is -0.0286. The maximum Gasteiger partial charge on any atom is 0.133 e. The zero-order valence-electron chi connectivity index (χ0n) is 10.7. The minimum Gasteiger partial charge on any atom is -0.496 e. The van der Waals surface area contributed by atoms with Crippen LogP contribution in [0, 0.1) is 5.82 Å². The van der Waals surface area contributed by atoms with Crippen LogP contribution in [0.25, 0.3) is 0 Å². The molecule has 20 heavy (non-hydrogen) atoms. The van der Waals surface area contributed by atoms with E-state index in [1.807, 2.05) is 18.2 Å². The summed E-state index contributed by atoms with van der Waals surface area (Å²) in [7, 11) is 1.62. The molecular formula is C15H12Br2ClFO. The van der Waals surface area contributed by atoms with Crippen molar-refractivity contribution in [2.45, 2.75) is 11.2 Å². The smallest absolute Gasteiger partial charge is 0.133 e. The normalized spacial score (nSPS) is 12.2. The van der Waals surface area contributed by atoms with Crippen molar-refractivity contribution in [2.24, 2.45) is 0 Å². The first-order chi connectivity index (χ1) is 9.52. The Morgan fingerprint density at radius 3 is 2.65 bits per heavy atom. The lowest BCUT2D eigenvalue weighted by Crippen LogP contribution is -1.99. The van der Waals surface area contributed by atoms with Crippen LogP contribution in [0.4, 0.5) is 4.39 Å². The Hall–Kier alpha value is -0.580. The van der Waals surface area contributed by atoms with Gasteiger partial charge in [-0.3, -0.25) is 0 Å². The third-order valence-corrected chi connectivity index (χ3v) is 4.81. The first-order valence-electron chi connectivity index (χ1n) is 5.93. The van der Waals surface area contributed by atoms with Crippen LogP contribution in [-0.4, -0.2) is 7.11 Å². The van der Waals surface area contributed by atoms with Crippen molar-refractivity contribution < 1.29 is 9.13 Å². The van der Waals surface area contributed by atoms with Gasteiger partial charge in [0.15, 0.2) is 0 Å². The molecule has 1 atom stereocenters. The van der Waals surface area contributed by atoms with Crippen molar-refractivity contribution in [2.75, 3.05) is 7.11 Å². The van der Waals surface area contributed by atoms with Gasteiger partial charge < -0.3 is 4.74 Å². The molecule has 2 aromatic rings. The van der Waals surface area contributed by atoms with Gasteiger partial charge in [-0.1, -0.05) is 39.7 Å². The lowest BCUT2D eigenvalue weighted by Gasteiger charge is -2.14. The van der Waals surface area contributed by atoms with Crippen molar-refractivity contribution >= 4 is 43.5 Å². The van der Waals surface area contributed by atoms with Gasteiger partial charge in [0.2, 0.25) is 0 Å². The molecule has 0 saturated carbocycles. The largest absolute Gasteiger partial charge is 0.496 e. The number of benzene rings is 2. The summed E-state index contributed by atoms with van der Waals surface area (Å²) in [5.74, 6) is 0.479. The predicted octanol–water partition coefficient (Wildman–Crippen LogP) is 5.93. The van der Waals surface area contributed by atoms with Crippen molar-refractivity contribution in [1.82, 2.24) is 0 Å². The molecule has 5 heteroatoms. The van der Waals surface area contributed by atoms with Gasteiger partial charge in [0.05, 0.1) is 11.6 Å². The molecule has 2 rings (SSSR count). The molecule has 106 valence electrons. The molecule has 1 unspecified atom stereocenters. The molecule has 0 aliphatic heterocycles. The zero-order chi connectivity index (χ0) is 14.7. The first-order valence-corrected chi connectivity index (χ1v) is 8.02. The average Bonchev–Trinajstić information content (AvgIpc) is 2.42. The third-order valence-electron chi connectivity index (χ3n) is 2.98. The second kappa shape index (κ2) is 6.92. The standard InChI is InChI=1S/C15H12Br2ClFO/c1-20-15-6-5-9(7-12(15)17)11(16)8-10-13(18)3-2-4-14(10)19/h2-7,11H,8H2,1H3. The SMILES string of the molecule is COc1ccc(C(Br)Cc2c(F)cccc2Cl)cc1Br. The van der Waals surface area contributed by atoms with Gasteiger partial charge in [-0.2, -0.15) is 0 Å². The third kappa shape index (κ3) is 3.54. The van der Waals surface area contributed by atoms with E-state index in [1.165, 1.54) is 6.07 Å².